The number of carbonyl (C=O) groups is 3. The summed E-state index contributed by atoms with van der Waals surface area (Å²) in [6.45, 7) is 1.57. The quantitative estimate of drug-likeness (QED) is 0.752. The lowest BCUT2D eigenvalue weighted by Gasteiger charge is -2.26. The summed E-state index contributed by atoms with van der Waals surface area (Å²) >= 11 is 0. The molecule has 1 aromatic carbocycles. The van der Waals surface area contributed by atoms with Crippen molar-refractivity contribution >= 4 is 23.5 Å². The fourth-order valence-electron chi connectivity index (χ4n) is 2.84. The number of hydrogen-bond acceptors (Lipinski definition) is 3. The normalized spacial score (nSPS) is 18.3. The van der Waals surface area contributed by atoms with E-state index in [2.05, 4.69) is 10.6 Å². The molecule has 7 nitrogen and oxygen atoms in total. The molecule has 26 heavy (non-hydrogen) atoms. The third-order valence-electron chi connectivity index (χ3n) is 4.10. The van der Waals surface area contributed by atoms with Crippen molar-refractivity contribution in [2.75, 3.05) is 11.9 Å². The number of benzene rings is 1. The Kier molecular flexibility index (Phi) is 5.73. The van der Waals surface area contributed by atoms with Crippen molar-refractivity contribution in [3.05, 3.63) is 29.8 Å². The molecule has 0 saturated carbocycles. The third-order valence-corrected chi connectivity index (χ3v) is 4.10. The second kappa shape index (κ2) is 7.63. The molecule has 10 heteroatoms. The molecule has 0 aromatic heterocycles. The predicted octanol–water partition coefficient (Wildman–Crippen LogP) is 1.91. The molecule has 1 aliphatic heterocycles. The standard InChI is InChI=1S/C16H19F3N4O3/c1-9(10-4-6-11(7-5-10)22-15(20)26)21-13(24)12-3-2-8-23(12)14(25)16(17,18)19/h4-7,9,12H,2-3,8H2,1H3,(H,21,24)(H3,20,22,26)/t9-,12+/m1/s1. The van der Waals surface area contributed by atoms with Gasteiger partial charge in [0.2, 0.25) is 5.91 Å². The second-order valence-corrected chi connectivity index (χ2v) is 6.00. The number of nitrogens with two attached hydrogens (primary N) is 1. The van der Waals surface area contributed by atoms with Gasteiger partial charge >= 0.3 is 18.1 Å². The average Bonchev–Trinajstić information content (AvgIpc) is 3.02. The van der Waals surface area contributed by atoms with Gasteiger partial charge in [-0.05, 0) is 37.5 Å². The van der Waals surface area contributed by atoms with Crippen molar-refractivity contribution < 1.29 is 27.6 Å². The summed E-state index contributed by atoms with van der Waals surface area (Å²) in [4.78, 5) is 35.1. The zero-order chi connectivity index (χ0) is 19.5. The Morgan fingerprint density at radius 2 is 1.85 bits per heavy atom. The zero-order valence-electron chi connectivity index (χ0n) is 14.0. The first-order chi connectivity index (χ1) is 12.1. The summed E-state index contributed by atoms with van der Waals surface area (Å²) in [5.41, 5.74) is 6.16. The van der Waals surface area contributed by atoms with E-state index in [0.29, 0.717) is 22.6 Å². The van der Waals surface area contributed by atoms with Crippen molar-refractivity contribution in [2.24, 2.45) is 5.73 Å². The average molecular weight is 372 g/mol. The van der Waals surface area contributed by atoms with Gasteiger partial charge < -0.3 is 21.3 Å². The Hall–Kier alpha value is -2.78. The summed E-state index contributed by atoms with van der Waals surface area (Å²) in [5, 5.41) is 5.01. The van der Waals surface area contributed by atoms with E-state index in [1.165, 1.54) is 0 Å². The number of primary amides is 1. The molecule has 4 amide bonds. The number of urea groups is 1. The first kappa shape index (κ1) is 19.5. The molecule has 0 radical (unpaired) electrons. The van der Waals surface area contributed by atoms with E-state index in [0.717, 1.165) is 0 Å². The summed E-state index contributed by atoms with van der Waals surface area (Å²) in [6, 6.07) is 4.11. The molecule has 1 heterocycles. The Bertz CT molecular complexity index is 691. The lowest BCUT2D eigenvalue weighted by atomic mass is 10.1. The number of amides is 4. The van der Waals surface area contributed by atoms with Gasteiger partial charge in [-0.3, -0.25) is 9.59 Å². The number of alkyl halides is 3. The highest BCUT2D eigenvalue weighted by atomic mass is 19.4. The van der Waals surface area contributed by atoms with Gasteiger partial charge in [-0.15, -0.1) is 0 Å². The topological polar surface area (TPSA) is 105 Å². The second-order valence-electron chi connectivity index (χ2n) is 6.00. The van der Waals surface area contributed by atoms with E-state index < -0.39 is 36.1 Å². The van der Waals surface area contributed by atoms with E-state index in [9.17, 15) is 27.6 Å². The van der Waals surface area contributed by atoms with E-state index in [4.69, 9.17) is 5.73 Å². The van der Waals surface area contributed by atoms with Gasteiger partial charge in [-0.25, -0.2) is 4.79 Å². The Morgan fingerprint density at radius 3 is 2.38 bits per heavy atom. The number of halogens is 3. The van der Waals surface area contributed by atoms with Crippen LogP contribution in [-0.2, 0) is 9.59 Å². The van der Waals surface area contributed by atoms with Gasteiger partial charge in [0, 0.05) is 12.2 Å². The minimum atomic E-state index is -5.00. The molecule has 0 bridgehead atoms. The summed E-state index contributed by atoms with van der Waals surface area (Å²) in [5.74, 6) is -2.63. The van der Waals surface area contributed by atoms with Crippen molar-refractivity contribution in [1.29, 1.82) is 0 Å². The molecule has 142 valence electrons. The zero-order valence-corrected chi connectivity index (χ0v) is 14.0. The van der Waals surface area contributed by atoms with Crippen LogP contribution in [0.4, 0.5) is 23.7 Å². The van der Waals surface area contributed by atoms with Gasteiger partial charge in [0.25, 0.3) is 0 Å². The van der Waals surface area contributed by atoms with E-state index in [1.807, 2.05) is 0 Å². The fraction of sp³-hybridized carbons (Fsp3) is 0.438. The molecule has 4 N–H and O–H groups in total. The Labute approximate surface area is 147 Å². The van der Waals surface area contributed by atoms with E-state index in [-0.39, 0.29) is 13.0 Å². The molecule has 2 rings (SSSR count). The highest BCUT2D eigenvalue weighted by molar-refractivity contribution is 5.90. The maximum Gasteiger partial charge on any atom is 0.471 e. The molecule has 0 unspecified atom stereocenters. The number of likely N-dealkylation sites (tertiary alicyclic amines) is 1. The SMILES string of the molecule is C[C@@H](NC(=O)[C@@H]1CCCN1C(=O)C(F)(F)F)c1ccc(NC(N)=O)cc1. The number of nitrogens with zero attached hydrogens (tertiary/aromatic N) is 1. The highest BCUT2D eigenvalue weighted by Gasteiger charge is 2.47. The van der Waals surface area contributed by atoms with Gasteiger partial charge in [0.1, 0.15) is 6.04 Å². The van der Waals surface area contributed by atoms with Gasteiger partial charge in [0.05, 0.1) is 6.04 Å². The first-order valence-electron chi connectivity index (χ1n) is 7.94. The minimum Gasteiger partial charge on any atom is -0.351 e. The lowest BCUT2D eigenvalue weighted by molar-refractivity contribution is -0.186. The van der Waals surface area contributed by atoms with Crippen LogP contribution in [-0.4, -0.2) is 41.5 Å². The summed E-state index contributed by atoms with van der Waals surface area (Å²) in [6.07, 6.45) is -4.48. The molecule has 1 fully saturated rings. The van der Waals surface area contributed by atoms with Crippen LogP contribution in [0.2, 0.25) is 0 Å². The van der Waals surface area contributed by atoms with E-state index >= 15 is 0 Å². The maximum absolute atomic E-state index is 12.6. The number of nitrogens with one attached hydrogen (secondary N) is 2. The van der Waals surface area contributed by atoms with Crippen LogP contribution in [0, 0.1) is 0 Å². The largest absolute Gasteiger partial charge is 0.471 e. The number of rotatable bonds is 4. The van der Waals surface area contributed by atoms with E-state index in [1.54, 1.807) is 31.2 Å². The van der Waals surface area contributed by atoms with Crippen LogP contribution in [0.5, 0.6) is 0 Å². The van der Waals surface area contributed by atoms with Crippen LogP contribution < -0.4 is 16.4 Å². The van der Waals surface area contributed by atoms with Crippen LogP contribution in [0.25, 0.3) is 0 Å². The van der Waals surface area contributed by atoms with Crippen LogP contribution in [0.15, 0.2) is 24.3 Å². The highest BCUT2D eigenvalue weighted by Crippen LogP contribution is 2.26. The third kappa shape index (κ3) is 4.64. The molecule has 2 atom stereocenters. The molecule has 0 aliphatic carbocycles. The number of hydrogen-bond donors (Lipinski definition) is 3. The van der Waals surface area contributed by atoms with Gasteiger partial charge in [0.15, 0.2) is 0 Å². The Balaban J connectivity index is 2.02. The summed E-state index contributed by atoms with van der Waals surface area (Å²) < 4.78 is 37.9. The molecule has 1 saturated heterocycles. The van der Waals surface area contributed by atoms with Crippen molar-refractivity contribution in [3.8, 4) is 0 Å². The molecule has 1 aromatic rings. The minimum absolute atomic E-state index is 0.0989. The molecule has 1 aliphatic rings. The maximum atomic E-state index is 12.6. The summed E-state index contributed by atoms with van der Waals surface area (Å²) in [7, 11) is 0. The fourth-order valence-corrected chi connectivity index (χ4v) is 2.84. The van der Waals surface area contributed by atoms with Crippen LogP contribution in [0.3, 0.4) is 0 Å². The number of anilines is 1. The molecular weight excluding hydrogens is 353 g/mol. The monoisotopic (exact) mass is 372 g/mol. The molecule has 0 spiro atoms. The van der Waals surface area contributed by atoms with Crippen molar-refractivity contribution in [1.82, 2.24) is 10.2 Å². The predicted molar refractivity (Wildman–Crippen MR) is 87.0 cm³/mol. The first-order valence-corrected chi connectivity index (χ1v) is 7.94. The van der Waals surface area contributed by atoms with Crippen LogP contribution >= 0.6 is 0 Å². The molecular formula is C16H19F3N4O3. The smallest absolute Gasteiger partial charge is 0.351 e. The van der Waals surface area contributed by atoms with Gasteiger partial charge in [-0.1, -0.05) is 12.1 Å². The number of carbonyl (C=O) groups excluding carboxylic acids is 3. The van der Waals surface area contributed by atoms with Gasteiger partial charge in [-0.2, -0.15) is 13.2 Å². The van der Waals surface area contributed by atoms with Crippen molar-refractivity contribution in [2.45, 2.75) is 38.0 Å². The Morgan fingerprint density at radius 1 is 1.23 bits per heavy atom. The van der Waals surface area contributed by atoms with Crippen LogP contribution in [0.1, 0.15) is 31.4 Å². The van der Waals surface area contributed by atoms with Crippen molar-refractivity contribution in [3.63, 3.8) is 0 Å². The lowest BCUT2D eigenvalue weighted by Crippen LogP contribution is -2.50.